The predicted molar refractivity (Wildman–Crippen MR) is 91.0 cm³/mol. The van der Waals surface area contributed by atoms with E-state index in [1.165, 1.54) is 24.1 Å². The largest absolute Gasteiger partial charge is 0.325 e. The third-order valence-corrected chi connectivity index (χ3v) is 5.73. The van der Waals surface area contributed by atoms with Crippen LogP contribution in [-0.2, 0) is 0 Å². The third kappa shape index (κ3) is 2.69. The van der Waals surface area contributed by atoms with Crippen molar-refractivity contribution in [3.05, 3.63) is 34.8 Å². The number of rotatable bonds is 3. The Morgan fingerprint density at radius 1 is 1.23 bits per heavy atom. The van der Waals surface area contributed by atoms with E-state index in [1.54, 1.807) is 28.2 Å². The number of amides is 2. The summed E-state index contributed by atoms with van der Waals surface area (Å²) in [5, 5.41) is 6.26. The number of anilines is 2. The summed E-state index contributed by atoms with van der Waals surface area (Å²) in [4.78, 5) is 21.8. The van der Waals surface area contributed by atoms with Crippen LogP contribution in [0.2, 0.25) is 0 Å². The number of fused-ring (bicyclic) bond motifs is 1. The second-order valence-electron chi connectivity index (χ2n) is 5.31. The van der Waals surface area contributed by atoms with Crippen molar-refractivity contribution in [3.8, 4) is 0 Å². The maximum absolute atomic E-state index is 12.0. The summed E-state index contributed by atoms with van der Waals surface area (Å²) >= 11 is 3.15. The fourth-order valence-corrected chi connectivity index (χ4v) is 4.06. The molecule has 0 spiro atoms. The van der Waals surface area contributed by atoms with Gasteiger partial charge in [-0.2, -0.15) is 0 Å². The van der Waals surface area contributed by atoms with E-state index in [0.29, 0.717) is 11.0 Å². The van der Waals surface area contributed by atoms with Gasteiger partial charge in [0.05, 0.1) is 15.7 Å². The highest BCUT2D eigenvalue weighted by atomic mass is 32.1. The van der Waals surface area contributed by atoms with Crippen LogP contribution >= 0.6 is 22.7 Å². The molecule has 1 fully saturated rings. The SMILES string of the molecule is O=C(Nc1ccc2scnc2c1)Nc1ncc(C2CCC2)s1. The molecule has 0 unspecified atom stereocenters. The molecule has 3 aromatic rings. The molecule has 1 aliphatic carbocycles. The van der Waals surface area contributed by atoms with Gasteiger partial charge >= 0.3 is 6.03 Å². The molecular formula is C15H14N4OS2. The zero-order valence-corrected chi connectivity index (χ0v) is 13.3. The zero-order chi connectivity index (χ0) is 14.9. The lowest BCUT2D eigenvalue weighted by Crippen LogP contribution is -2.19. The molecule has 1 aliphatic rings. The maximum atomic E-state index is 12.0. The second-order valence-corrected chi connectivity index (χ2v) is 7.26. The first kappa shape index (κ1) is 13.7. The van der Waals surface area contributed by atoms with Gasteiger partial charge in [-0.25, -0.2) is 14.8 Å². The summed E-state index contributed by atoms with van der Waals surface area (Å²) in [6, 6.07) is 5.43. The lowest BCUT2D eigenvalue weighted by atomic mass is 9.85. The van der Waals surface area contributed by atoms with Gasteiger partial charge in [-0.05, 0) is 37.0 Å². The Bertz CT molecular complexity index is 822. The third-order valence-electron chi connectivity index (χ3n) is 3.84. The van der Waals surface area contributed by atoms with Gasteiger partial charge in [0, 0.05) is 16.8 Å². The lowest BCUT2D eigenvalue weighted by molar-refractivity contribution is 0.262. The molecule has 1 saturated carbocycles. The first-order valence-electron chi connectivity index (χ1n) is 7.15. The first-order chi connectivity index (χ1) is 10.8. The molecule has 0 atom stereocenters. The fraction of sp³-hybridized carbons (Fsp3) is 0.267. The molecular weight excluding hydrogens is 316 g/mol. The highest BCUT2D eigenvalue weighted by Gasteiger charge is 2.22. The van der Waals surface area contributed by atoms with Crippen molar-refractivity contribution in [3.63, 3.8) is 0 Å². The van der Waals surface area contributed by atoms with Crippen LogP contribution in [0.25, 0.3) is 10.2 Å². The van der Waals surface area contributed by atoms with E-state index in [0.717, 1.165) is 15.9 Å². The van der Waals surface area contributed by atoms with Gasteiger partial charge in [0.1, 0.15) is 0 Å². The Morgan fingerprint density at radius 2 is 2.14 bits per heavy atom. The topological polar surface area (TPSA) is 66.9 Å². The molecule has 2 N–H and O–H groups in total. The summed E-state index contributed by atoms with van der Waals surface area (Å²) in [6.45, 7) is 0. The van der Waals surface area contributed by atoms with Crippen molar-refractivity contribution in [1.29, 1.82) is 0 Å². The van der Waals surface area contributed by atoms with Gasteiger partial charge in [0.25, 0.3) is 0 Å². The highest BCUT2D eigenvalue weighted by Crippen LogP contribution is 2.39. The maximum Gasteiger partial charge on any atom is 0.325 e. The number of hydrogen-bond donors (Lipinski definition) is 2. The van der Waals surface area contributed by atoms with Crippen molar-refractivity contribution >= 4 is 49.7 Å². The van der Waals surface area contributed by atoms with Crippen LogP contribution in [0, 0.1) is 0 Å². The van der Waals surface area contributed by atoms with E-state index in [2.05, 4.69) is 20.6 Å². The molecule has 2 amide bonds. The number of aromatic nitrogens is 2. The second kappa shape index (κ2) is 5.66. The van der Waals surface area contributed by atoms with Crippen LogP contribution in [0.3, 0.4) is 0 Å². The number of carbonyl (C=O) groups excluding carboxylic acids is 1. The molecule has 0 aliphatic heterocycles. The Morgan fingerprint density at radius 3 is 2.95 bits per heavy atom. The van der Waals surface area contributed by atoms with Crippen LogP contribution in [0.4, 0.5) is 15.6 Å². The first-order valence-corrected chi connectivity index (χ1v) is 8.84. The predicted octanol–water partition coefficient (Wildman–Crippen LogP) is 4.66. The van der Waals surface area contributed by atoms with Gasteiger partial charge in [0.2, 0.25) is 0 Å². The van der Waals surface area contributed by atoms with Crippen LogP contribution in [-0.4, -0.2) is 16.0 Å². The Labute approximate surface area is 135 Å². The number of hydrogen-bond acceptors (Lipinski definition) is 5. The normalized spacial score (nSPS) is 14.7. The molecule has 0 bridgehead atoms. The van der Waals surface area contributed by atoms with Crippen molar-refractivity contribution in [2.45, 2.75) is 25.2 Å². The summed E-state index contributed by atoms with van der Waals surface area (Å²) in [5.74, 6) is 0.642. The summed E-state index contributed by atoms with van der Waals surface area (Å²) in [6.07, 6.45) is 5.65. The minimum absolute atomic E-state index is 0.274. The quantitative estimate of drug-likeness (QED) is 0.733. The molecule has 4 rings (SSSR count). The van der Waals surface area contributed by atoms with E-state index in [1.807, 2.05) is 24.4 Å². The number of benzene rings is 1. The summed E-state index contributed by atoms with van der Waals surface area (Å²) < 4.78 is 1.11. The minimum atomic E-state index is -0.274. The highest BCUT2D eigenvalue weighted by molar-refractivity contribution is 7.16. The molecule has 2 heterocycles. The molecule has 1 aromatic carbocycles. The van der Waals surface area contributed by atoms with Crippen LogP contribution in [0.15, 0.2) is 29.9 Å². The monoisotopic (exact) mass is 330 g/mol. The van der Waals surface area contributed by atoms with E-state index in [9.17, 15) is 4.79 Å². The van der Waals surface area contributed by atoms with Gasteiger partial charge in [0.15, 0.2) is 5.13 Å². The molecule has 0 saturated heterocycles. The number of thiazole rings is 2. The van der Waals surface area contributed by atoms with E-state index >= 15 is 0 Å². The smallest absolute Gasteiger partial charge is 0.308 e. The molecule has 7 heteroatoms. The van der Waals surface area contributed by atoms with E-state index < -0.39 is 0 Å². The molecule has 112 valence electrons. The van der Waals surface area contributed by atoms with Gasteiger partial charge in [-0.1, -0.05) is 6.42 Å². The van der Waals surface area contributed by atoms with Gasteiger partial charge in [-0.15, -0.1) is 22.7 Å². The molecule has 22 heavy (non-hydrogen) atoms. The number of nitrogens with one attached hydrogen (secondary N) is 2. The van der Waals surface area contributed by atoms with Gasteiger partial charge in [-0.3, -0.25) is 5.32 Å². The average Bonchev–Trinajstić information content (AvgIpc) is 3.05. The standard InChI is InChI=1S/C15H14N4OS2/c20-14(18-10-4-5-12-11(6-10)17-8-21-12)19-15-16-7-13(22-15)9-2-1-3-9/h4-9H,1-3H2,(H2,16,18,19,20). The zero-order valence-electron chi connectivity index (χ0n) is 11.7. The molecule has 0 radical (unpaired) electrons. The Balaban J connectivity index is 1.42. The van der Waals surface area contributed by atoms with E-state index in [-0.39, 0.29) is 6.03 Å². The molecule has 2 aromatic heterocycles. The van der Waals surface area contributed by atoms with Crippen LogP contribution in [0.5, 0.6) is 0 Å². The van der Waals surface area contributed by atoms with Crippen molar-refractivity contribution in [2.75, 3.05) is 10.6 Å². The average molecular weight is 330 g/mol. The Hall–Kier alpha value is -1.99. The summed E-state index contributed by atoms with van der Waals surface area (Å²) in [7, 11) is 0. The number of carbonyl (C=O) groups is 1. The lowest BCUT2D eigenvalue weighted by Gasteiger charge is -2.23. The molecule has 5 nitrogen and oxygen atoms in total. The number of urea groups is 1. The van der Waals surface area contributed by atoms with Crippen molar-refractivity contribution < 1.29 is 4.79 Å². The van der Waals surface area contributed by atoms with E-state index in [4.69, 9.17) is 0 Å². The Kier molecular flexibility index (Phi) is 3.51. The summed E-state index contributed by atoms with van der Waals surface area (Å²) in [5.41, 5.74) is 3.42. The van der Waals surface area contributed by atoms with Crippen molar-refractivity contribution in [2.24, 2.45) is 0 Å². The van der Waals surface area contributed by atoms with Crippen molar-refractivity contribution in [1.82, 2.24) is 9.97 Å². The van der Waals surface area contributed by atoms with Gasteiger partial charge < -0.3 is 5.32 Å². The number of nitrogens with zero attached hydrogens (tertiary/aromatic N) is 2. The van der Waals surface area contributed by atoms with Crippen LogP contribution < -0.4 is 10.6 Å². The van der Waals surface area contributed by atoms with Crippen LogP contribution in [0.1, 0.15) is 30.1 Å². The minimum Gasteiger partial charge on any atom is -0.308 e. The fourth-order valence-electron chi connectivity index (χ4n) is 2.42.